The van der Waals surface area contributed by atoms with Gasteiger partial charge >= 0.3 is 0 Å². The number of H-pyrrole nitrogens is 1. The van der Waals surface area contributed by atoms with Gasteiger partial charge in [-0.3, -0.25) is 4.79 Å². The molecule has 2 aromatic carbocycles. The molecule has 7 heteroatoms. The van der Waals surface area contributed by atoms with Gasteiger partial charge in [0.1, 0.15) is 21.0 Å². The van der Waals surface area contributed by atoms with Gasteiger partial charge in [0, 0.05) is 16.8 Å². The maximum atomic E-state index is 11.9. The number of para-hydroxylation sites is 1. The van der Waals surface area contributed by atoms with Crippen molar-refractivity contribution in [2.24, 2.45) is 0 Å². The van der Waals surface area contributed by atoms with Gasteiger partial charge in [0.15, 0.2) is 5.56 Å². The number of hydrogen-bond acceptors (Lipinski definition) is 5. The van der Waals surface area contributed by atoms with Crippen molar-refractivity contribution >= 4 is 38.8 Å². The van der Waals surface area contributed by atoms with Crippen LogP contribution in [0.4, 0.5) is 5.69 Å². The Bertz CT molecular complexity index is 1280. The molecular formula is C20H12ClN3O2S. The summed E-state index contributed by atoms with van der Waals surface area (Å²) >= 11 is 7.53. The molecule has 4 rings (SSSR count). The maximum Gasteiger partial charge on any atom is 0.270 e. The van der Waals surface area contributed by atoms with E-state index < -0.39 is 5.56 Å². The number of halogens is 1. The number of rotatable bonds is 2. The Morgan fingerprint density at radius 2 is 1.78 bits per heavy atom. The lowest BCUT2D eigenvalue weighted by Crippen LogP contribution is -2.09. The summed E-state index contributed by atoms with van der Waals surface area (Å²) in [5, 5.41) is 20.0. The summed E-state index contributed by atoms with van der Waals surface area (Å²) < 4.78 is 0.415. The van der Waals surface area contributed by atoms with Gasteiger partial charge in [0.2, 0.25) is 0 Å². The number of thiophene rings is 1. The predicted octanol–water partition coefficient (Wildman–Crippen LogP) is 4.74. The van der Waals surface area contributed by atoms with Crippen molar-refractivity contribution in [1.29, 1.82) is 5.26 Å². The fourth-order valence-electron chi connectivity index (χ4n) is 3.05. The normalized spacial score (nSPS) is 10.8. The first-order valence-corrected chi connectivity index (χ1v) is 9.13. The Labute approximate surface area is 162 Å². The van der Waals surface area contributed by atoms with Crippen LogP contribution in [0.25, 0.3) is 32.5 Å². The molecule has 0 radical (unpaired) electrons. The molecule has 0 amide bonds. The monoisotopic (exact) mass is 393 g/mol. The van der Waals surface area contributed by atoms with Crippen LogP contribution in [0.15, 0.2) is 53.3 Å². The third-order valence-electron chi connectivity index (χ3n) is 4.35. The average Bonchev–Trinajstić information content (AvgIpc) is 2.98. The summed E-state index contributed by atoms with van der Waals surface area (Å²) in [6.45, 7) is 0. The topological polar surface area (TPSA) is 103 Å². The van der Waals surface area contributed by atoms with Crippen LogP contribution in [0.2, 0.25) is 4.34 Å². The maximum absolute atomic E-state index is 11.9. The summed E-state index contributed by atoms with van der Waals surface area (Å²) in [4.78, 5) is 14.9. The highest BCUT2D eigenvalue weighted by Crippen LogP contribution is 2.45. The van der Waals surface area contributed by atoms with Gasteiger partial charge in [-0.1, -0.05) is 54.1 Å². The zero-order valence-electron chi connectivity index (χ0n) is 13.8. The van der Waals surface area contributed by atoms with Crippen LogP contribution in [-0.4, -0.2) is 10.1 Å². The van der Waals surface area contributed by atoms with Crippen molar-refractivity contribution in [1.82, 2.24) is 4.98 Å². The van der Waals surface area contributed by atoms with Crippen LogP contribution in [0.3, 0.4) is 0 Å². The third-order valence-corrected chi connectivity index (χ3v) is 5.66. The van der Waals surface area contributed by atoms with E-state index in [4.69, 9.17) is 22.6 Å². The lowest BCUT2D eigenvalue weighted by atomic mass is 9.99. The van der Waals surface area contributed by atoms with E-state index in [0.717, 1.165) is 28.0 Å². The molecule has 0 bridgehead atoms. The van der Waals surface area contributed by atoms with Crippen LogP contribution in [0.5, 0.6) is 5.75 Å². The van der Waals surface area contributed by atoms with E-state index in [1.54, 1.807) is 6.07 Å². The molecule has 2 aromatic heterocycles. The number of nitrogens with zero attached hydrogens (tertiary/aromatic N) is 1. The van der Waals surface area contributed by atoms with Crippen molar-refractivity contribution in [2.75, 3.05) is 5.73 Å². The fourth-order valence-corrected chi connectivity index (χ4v) is 4.43. The molecule has 0 saturated carbocycles. The van der Waals surface area contributed by atoms with Crippen molar-refractivity contribution in [2.45, 2.75) is 0 Å². The highest BCUT2D eigenvalue weighted by Gasteiger charge is 2.21. The van der Waals surface area contributed by atoms with Crippen molar-refractivity contribution in [3.8, 4) is 34.1 Å². The van der Waals surface area contributed by atoms with Crippen molar-refractivity contribution in [3.63, 3.8) is 0 Å². The van der Waals surface area contributed by atoms with Crippen molar-refractivity contribution < 1.29 is 5.11 Å². The molecule has 5 nitrogen and oxygen atoms in total. The van der Waals surface area contributed by atoms with Crippen LogP contribution in [-0.2, 0) is 0 Å². The lowest BCUT2D eigenvalue weighted by Gasteiger charge is -2.08. The quantitative estimate of drug-likeness (QED) is 0.428. The third kappa shape index (κ3) is 2.74. The zero-order valence-corrected chi connectivity index (χ0v) is 15.4. The van der Waals surface area contributed by atoms with Gasteiger partial charge < -0.3 is 15.8 Å². The second-order valence-corrected chi connectivity index (χ2v) is 7.53. The van der Waals surface area contributed by atoms with E-state index in [-0.39, 0.29) is 11.3 Å². The minimum atomic E-state index is -0.637. The summed E-state index contributed by atoms with van der Waals surface area (Å²) in [6, 6.07) is 16.9. The smallest absolute Gasteiger partial charge is 0.270 e. The number of nitrogens with two attached hydrogens (primary N) is 1. The van der Waals surface area contributed by atoms with E-state index in [1.165, 1.54) is 0 Å². The SMILES string of the molecule is N#Cc1c(O)c2c(-c3ccc(-c4ccccc4N)cc3)c(Cl)sc2[nH]c1=O. The molecule has 0 saturated heterocycles. The van der Waals surface area contributed by atoms with E-state index in [9.17, 15) is 9.90 Å². The number of anilines is 1. The molecule has 0 spiro atoms. The van der Waals surface area contributed by atoms with E-state index in [1.807, 2.05) is 48.5 Å². The highest BCUT2D eigenvalue weighted by atomic mass is 35.5. The van der Waals surface area contributed by atoms with Gasteiger partial charge in [-0.05, 0) is 17.2 Å². The highest BCUT2D eigenvalue weighted by molar-refractivity contribution is 7.23. The molecule has 0 aliphatic rings. The Morgan fingerprint density at radius 1 is 1.11 bits per heavy atom. The van der Waals surface area contributed by atoms with Gasteiger partial charge in [0.05, 0.1) is 5.39 Å². The molecule has 132 valence electrons. The number of fused-ring (bicyclic) bond motifs is 1. The summed E-state index contributed by atoms with van der Waals surface area (Å²) in [5.74, 6) is -0.356. The first-order valence-electron chi connectivity index (χ1n) is 7.94. The number of pyridine rings is 1. The first-order chi connectivity index (χ1) is 13.0. The Hall–Kier alpha value is -3.27. The molecule has 0 aliphatic carbocycles. The van der Waals surface area contributed by atoms with Crippen molar-refractivity contribution in [3.05, 3.63) is 68.8 Å². The standard InChI is InChI=1S/C20H12ClN3O2S/c21-18-15(16-17(25)13(9-22)19(26)24-20(16)27-18)11-7-5-10(6-8-11)12-3-1-2-4-14(12)23/h1-8H,23H2,(H2,24,25,26). The molecule has 2 heterocycles. The van der Waals surface area contributed by atoms with Crippen LogP contribution in [0, 0.1) is 11.3 Å². The molecule has 27 heavy (non-hydrogen) atoms. The molecule has 0 atom stereocenters. The Balaban J connectivity index is 1.91. The van der Waals surface area contributed by atoms with Crippen LogP contribution < -0.4 is 11.3 Å². The summed E-state index contributed by atoms with van der Waals surface area (Å²) in [6.07, 6.45) is 0. The number of aromatic hydroxyl groups is 1. The molecule has 0 aliphatic heterocycles. The predicted molar refractivity (Wildman–Crippen MR) is 109 cm³/mol. The Kier molecular flexibility index (Phi) is 4.11. The lowest BCUT2D eigenvalue weighted by molar-refractivity contribution is 0.479. The largest absolute Gasteiger partial charge is 0.506 e. The molecule has 0 unspecified atom stereocenters. The summed E-state index contributed by atoms with van der Waals surface area (Å²) in [7, 11) is 0. The number of aromatic amines is 1. The minimum Gasteiger partial charge on any atom is -0.506 e. The van der Waals surface area contributed by atoms with E-state index in [0.29, 0.717) is 25.8 Å². The van der Waals surface area contributed by atoms with E-state index >= 15 is 0 Å². The Morgan fingerprint density at radius 3 is 2.44 bits per heavy atom. The molecular weight excluding hydrogens is 382 g/mol. The van der Waals surface area contributed by atoms with Gasteiger partial charge in [-0.15, -0.1) is 11.3 Å². The number of aromatic nitrogens is 1. The second kappa shape index (κ2) is 6.47. The molecule has 4 aromatic rings. The van der Waals surface area contributed by atoms with Gasteiger partial charge in [-0.25, -0.2) is 0 Å². The summed E-state index contributed by atoms with van der Waals surface area (Å²) in [5.41, 5.74) is 8.95. The average molecular weight is 394 g/mol. The van der Waals surface area contributed by atoms with Gasteiger partial charge in [0.25, 0.3) is 5.56 Å². The molecule has 0 fully saturated rings. The van der Waals surface area contributed by atoms with Gasteiger partial charge in [-0.2, -0.15) is 5.26 Å². The number of nitrogen functional groups attached to an aromatic ring is 1. The number of hydrogen-bond donors (Lipinski definition) is 3. The number of nitrogens with one attached hydrogen (secondary N) is 1. The van der Waals surface area contributed by atoms with Crippen LogP contribution in [0.1, 0.15) is 5.56 Å². The van der Waals surface area contributed by atoms with Crippen LogP contribution >= 0.6 is 22.9 Å². The second-order valence-electron chi connectivity index (χ2n) is 5.91. The zero-order chi connectivity index (χ0) is 19.1. The number of nitriles is 1. The fraction of sp³-hybridized carbons (Fsp3) is 0. The number of benzene rings is 2. The molecule has 4 N–H and O–H groups in total. The minimum absolute atomic E-state index is 0.327. The first kappa shape index (κ1) is 17.2. The van der Waals surface area contributed by atoms with E-state index in [2.05, 4.69) is 4.98 Å².